The number of aromatic nitrogens is 1. The lowest BCUT2D eigenvalue weighted by Gasteiger charge is -2.01. The molecule has 2 aromatic carbocycles. The van der Waals surface area contributed by atoms with Crippen LogP contribution >= 0.6 is 0 Å². The van der Waals surface area contributed by atoms with E-state index in [-0.39, 0.29) is 0 Å². The Morgan fingerprint density at radius 2 is 2.00 bits per heavy atom. The van der Waals surface area contributed by atoms with E-state index < -0.39 is 0 Å². The van der Waals surface area contributed by atoms with Crippen LogP contribution in [0.3, 0.4) is 0 Å². The maximum Gasteiger partial charge on any atom is 0.385 e. The fourth-order valence-corrected chi connectivity index (χ4v) is 2.63. The SMILES string of the molecule is Cc1ccc2c(c1)oc1[n+]2CCOc2ccccc2-1. The van der Waals surface area contributed by atoms with E-state index in [9.17, 15) is 0 Å². The summed E-state index contributed by atoms with van der Waals surface area (Å²) in [7, 11) is 0. The quantitative estimate of drug-likeness (QED) is 0.575. The number of benzene rings is 2. The molecule has 19 heavy (non-hydrogen) atoms. The molecular formula is C16H14NO2+. The summed E-state index contributed by atoms with van der Waals surface area (Å²) in [6, 6.07) is 14.3. The lowest BCUT2D eigenvalue weighted by molar-refractivity contribution is -0.663. The average molecular weight is 252 g/mol. The van der Waals surface area contributed by atoms with Crippen molar-refractivity contribution < 1.29 is 13.7 Å². The first-order chi connectivity index (χ1) is 9.33. The number of hydrogen-bond donors (Lipinski definition) is 0. The number of fused-ring (bicyclic) bond motifs is 5. The van der Waals surface area contributed by atoms with Gasteiger partial charge >= 0.3 is 5.89 Å². The Bertz CT molecular complexity index is 774. The topological polar surface area (TPSA) is 26.2 Å². The van der Waals surface area contributed by atoms with Gasteiger partial charge in [0.1, 0.15) is 17.9 Å². The Hall–Kier alpha value is -2.29. The highest BCUT2D eigenvalue weighted by atomic mass is 16.5. The highest BCUT2D eigenvalue weighted by Gasteiger charge is 2.29. The molecule has 0 saturated heterocycles. The lowest BCUT2D eigenvalue weighted by Crippen LogP contribution is -2.36. The minimum absolute atomic E-state index is 0.664. The zero-order chi connectivity index (χ0) is 12.8. The molecule has 1 aliphatic rings. The number of hydrogen-bond acceptors (Lipinski definition) is 2. The van der Waals surface area contributed by atoms with Gasteiger partial charge in [-0.25, -0.2) is 0 Å². The molecule has 1 aromatic heterocycles. The molecule has 3 heteroatoms. The van der Waals surface area contributed by atoms with Crippen molar-refractivity contribution in [3.05, 3.63) is 48.0 Å². The summed E-state index contributed by atoms with van der Waals surface area (Å²) in [5, 5.41) is 0. The smallest absolute Gasteiger partial charge is 0.385 e. The van der Waals surface area contributed by atoms with Gasteiger partial charge in [0, 0.05) is 6.07 Å². The molecule has 0 amide bonds. The summed E-state index contributed by atoms with van der Waals surface area (Å²) >= 11 is 0. The van der Waals surface area contributed by atoms with Crippen LogP contribution in [0.2, 0.25) is 0 Å². The first-order valence-corrected chi connectivity index (χ1v) is 6.48. The molecular weight excluding hydrogens is 238 g/mol. The number of nitrogens with zero attached hydrogens (tertiary/aromatic N) is 1. The van der Waals surface area contributed by atoms with Crippen LogP contribution in [0.5, 0.6) is 5.75 Å². The minimum Gasteiger partial charge on any atom is -0.486 e. The molecule has 0 bridgehead atoms. The van der Waals surface area contributed by atoms with Crippen LogP contribution in [-0.2, 0) is 6.54 Å². The van der Waals surface area contributed by atoms with Crippen LogP contribution in [0, 0.1) is 6.92 Å². The second-order valence-electron chi connectivity index (χ2n) is 4.87. The van der Waals surface area contributed by atoms with Gasteiger partial charge in [-0.05, 0) is 30.7 Å². The molecule has 0 fully saturated rings. The van der Waals surface area contributed by atoms with Gasteiger partial charge < -0.3 is 9.15 Å². The van der Waals surface area contributed by atoms with Gasteiger partial charge in [0.05, 0.1) is 0 Å². The molecule has 1 aliphatic heterocycles. The van der Waals surface area contributed by atoms with Crippen molar-refractivity contribution in [3.63, 3.8) is 0 Å². The lowest BCUT2D eigenvalue weighted by atomic mass is 10.2. The van der Waals surface area contributed by atoms with Gasteiger partial charge in [0.15, 0.2) is 6.54 Å². The van der Waals surface area contributed by atoms with Crippen LogP contribution in [0.15, 0.2) is 46.9 Å². The van der Waals surface area contributed by atoms with Crippen molar-refractivity contribution in [2.24, 2.45) is 0 Å². The van der Waals surface area contributed by atoms with Crippen LogP contribution in [-0.4, -0.2) is 6.61 Å². The van der Waals surface area contributed by atoms with Gasteiger partial charge in [-0.15, -0.1) is 0 Å². The van der Waals surface area contributed by atoms with E-state index in [4.69, 9.17) is 9.15 Å². The molecule has 0 unspecified atom stereocenters. The third kappa shape index (κ3) is 1.55. The molecule has 4 rings (SSSR count). The Morgan fingerprint density at radius 3 is 2.95 bits per heavy atom. The van der Waals surface area contributed by atoms with Gasteiger partial charge in [-0.3, -0.25) is 0 Å². The maximum absolute atomic E-state index is 6.06. The van der Waals surface area contributed by atoms with Crippen LogP contribution in [0.25, 0.3) is 22.6 Å². The maximum atomic E-state index is 6.06. The fraction of sp³-hybridized carbons (Fsp3) is 0.188. The predicted molar refractivity (Wildman–Crippen MR) is 72.1 cm³/mol. The fourth-order valence-electron chi connectivity index (χ4n) is 2.63. The van der Waals surface area contributed by atoms with E-state index in [1.54, 1.807) is 0 Å². The van der Waals surface area contributed by atoms with E-state index in [0.29, 0.717) is 6.61 Å². The van der Waals surface area contributed by atoms with Crippen LogP contribution < -0.4 is 9.30 Å². The number of para-hydroxylation sites is 1. The molecule has 3 aromatic rings. The summed E-state index contributed by atoms with van der Waals surface area (Å²) in [4.78, 5) is 0. The van der Waals surface area contributed by atoms with E-state index in [1.165, 1.54) is 5.56 Å². The average Bonchev–Trinajstić information content (AvgIpc) is 2.67. The van der Waals surface area contributed by atoms with Crippen LogP contribution in [0.1, 0.15) is 5.56 Å². The zero-order valence-corrected chi connectivity index (χ0v) is 10.7. The van der Waals surface area contributed by atoms with Crippen LogP contribution in [0.4, 0.5) is 0 Å². The first kappa shape index (κ1) is 10.6. The third-order valence-electron chi connectivity index (χ3n) is 3.55. The summed E-state index contributed by atoms with van der Waals surface area (Å²) < 4.78 is 14.0. The van der Waals surface area contributed by atoms with Crippen molar-refractivity contribution in [2.75, 3.05) is 6.61 Å². The summed E-state index contributed by atoms with van der Waals surface area (Å²) in [6.07, 6.45) is 0. The second-order valence-corrected chi connectivity index (χ2v) is 4.87. The molecule has 0 N–H and O–H groups in total. The van der Waals surface area contributed by atoms with Crippen molar-refractivity contribution in [2.45, 2.75) is 13.5 Å². The van der Waals surface area contributed by atoms with Gasteiger partial charge in [-0.1, -0.05) is 18.2 Å². The standard InChI is InChI=1S/C16H14NO2/c1-11-6-7-13-15(10-11)19-16-12-4-2-3-5-14(12)18-9-8-17(13)16/h2-7,10H,8-9H2,1H3/q+1. The normalized spacial score (nSPS) is 13.5. The van der Waals surface area contributed by atoms with E-state index in [1.807, 2.05) is 24.3 Å². The molecule has 0 aliphatic carbocycles. The second kappa shape index (κ2) is 3.85. The Labute approximate surface area is 111 Å². The molecule has 0 atom stereocenters. The van der Waals surface area contributed by atoms with Gasteiger partial charge in [0.25, 0.3) is 5.52 Å². The van der Waals surface area contributed by atoms with E-state index in [0.717, 1.165) is 34.8 Å². The Kier molecular flexibility index (Phi) is 2.15. The van der Waals surface area contributed by atoms with Gasteiger partial charge in [0.2, 0.25) is 5.58 Å². The highest BCUT2D eigenvalue weighted by Crippen LogP contribution is 2.32. The molecule has 3 nitrogen and oxygen atoms in total. The van der Waals surface area contributed by atoms with Crippen molar-refractivity contribution in [1.82, 2.24) is 0 Å². The largest absolute Gasteiger partial charge is 0.486 e. The van der Waals surface area contributed by atoms with Gasteiger partial charge in [-0.2, -0.15) is 4.57 Å². The number of ether oxygens (including phenoxy) is 1. The third-order valence-corrected chi connectivity index (χ3v) is 3.55. The van der Waals surface area contributed by atoms with E-state index in [2.05, 4.69) is 29.7 Å². The number of aryl methyl sites for hydroxylation is 1. The minimum atomic E-state index is 0.664. The summed E-state index contributed by atoms with van der Waals surface area (Å²) in [5.74, 6) is 1.78. The molecule has 0 radical (unpaired) electrons. The first-order valence-electron chi connectivity index (χ1n) is 6.48. The van der Waals surface area contributed by atoms with Crippen molar-refractivity contribution in [3.8, 4) is 17.2 Å². The monoisotopic (exact) mass is 252 g/mol. The summed E-state index contributed by atoms with van der Waals surface area (Å²) in [6.45, 7) is 3.55. The number of oxazole rings is 1. The molecule has 0 saturated carbocycles. The van der Waals surface area contributed by atoms with Crippen molar-refractivity contribution >= 4 is 11.1 Å². The predicted octanol–water partition coefficient (Wildman–Crippen LogP) is 3.09. The summed E-state index contributed by atoms with van der Waals surface area (Å²) in [5.41, 5.74) is 4.29. The van der Waals surface area contributed by atoms with Crippen molar-refractivity contribution in [1.29, 1.82) is 0 Å². The Balaban J connectivity index is 2.07. The molecule has 94 valence electrons. The molecule has 2 heterocycles. The molecule has 0 spiro atoms. The van der Waals surface area contributed by atoms with E-state index >= 15 is 0 Å². The zero-order valence-electron chi connectivity index (χ0n) is 10.7. The highest BCUT2D eigenvalue weighted by molar-refractivity contribution is 5.73. The Morgan fingerprint density at radius 1 is 1.11 bits per heavy atom. The number of rotatable bonds is 0.